The summed E-state index contributed by atoms with van der Waals surface area (Å²) in [6, 6.07) is 20.7. The summed E-state index contributed by atoms with van der Waals surface area (Å²) in [5, 5.41) is 11.6. The van der Waals surface area contributed by atoms with Gasteiger partial charge in [0, 0.05) is 61.5 Å². The molecule has 0 aliphatic carbocycles. The van der Waals surface area contributed by atoms with Crippen molar-refractivity contribution in [1.29, 1.82) is 0 Å². The number of benzene rings is 3. The van der Waals surface area contributed by atoms with Crippen molar-refractivity contribution in [1.82, 2.24) is 34.7 Å². The van der Waals surface area contributed by atoms with E-state index in [9.17, 15) is 14.3 Å². The molecule has 13 nitrogen and oxygen atoms in total. The van der Waals surface area contributed by atoms with Crippen LogP contribution < -0.4 is 18.9 Å². The average Bonchev–Trinajstić information content (AvgIpc) is 3.68. The molecule has 324 valence electrons. The maximum Gasteiger partial charge on any atom is 0.345 e. The van der Waals surface area contributed by atoms with Crippen LogP contribution >= 0.6 is 22.9 Å². The van der Waals surface area contributed by atoms with Crippen molar-refractivity contribution >= 4 is 39.1 Å². The van der Waals surface area contributed by atoms with Gasteiger partial charge in [0.1, 0.15) is 47.4 Å². The largest absolute Gasteiger partial charge is 0.494 e. The second-order valence-corrected chi connectivity index (χ2v) is 16.5. The number of piperazine rings is 1. The lowest BCUT2D eigenvalue weighted by molar-refractivity contribution is -0.145. The Morgan fingerprint density at radius 3 is 2.49 bits per heavy atom. The third kappa shape index (κ3) is 9.87. The molecular formula is C47H45ClFN7O6S. The van der Waals surface area contributed by atoms with Crippen LogP contribution in [-0.2, 0) is 17.8 Å². The first-order valence-electron chi connectivity index (χ1n) is 20.4. The molecule has 16 heteroatoms. The smallest absolute Gasteiger partial charge is 0.345 e. The Balaban J connectivity index is 1.08. The Morgan fingerprint density at radius 2 is 1.71 bits per heavy atom. The van der Waals surface area contributed by atoms with Crippen LogP contribution in [0.2, 0.25) is 5.02 Å². The van der Waals surface area contributed by atoms with E-state index in [0.717, 1.165) is 60.0 Å². The van der Waals surface area contributed by atoms with Crippen LogP contribution in [0.5, 0.6) is 23.1 Å². The van der Waals surface area contributed by atoms with Gasteiger partial charge in [-0.05, 0) is 79.5 Å². The van der Waals surface area contributed by atoms with Gasteiger partial charge in [0.25, 0.3) is 0 Å². The van der Waals surface area contributed by atoms with Crippen LogP contribution in [0.15, 0.2) is 91.5 Å². The van der Waals surface area contributed by atoms with Crippen molar-refractivity contribution in [3.63, 3.8) is 0 Å². The number of carbonyl (C=O) groups is 1. The number of para-hydroxylation sites is 1. The molecule has 1 saturated heterocycles. The van der Waals surface area contributed by atoms with Crippen LogP contribution in [0.4, 0.5) is 4.39 Å². The number of hydrogen-bond donors (Lipinski definition) is 1. The van der Waals surface area contributed by atoms with E-state index in [2.05, 4.69) is 36.8 Å². The predicted molar refractivity (Wildman–Crippen MR) is 241 cm³/mol. The van der Waals surface area contributed by atoms with Gasteiger partial charge in [-0.2, -0.15) is 0 Å². The quantitative estimate of drug-likeness (QED) is 0.0990. The number of aryl methyl sites for hydroxylation is 1. The van der Waals surface area contributed by atoms with Crippen molar-refractivity contribution in [2.24, 2.45) is 0 Å². The number of fused-ring (bicyclic) bond motifs is 1. The number of likely N-dealkylation sites (N-methyl/N-ethyl adjacent to an activating group) is 1. The Morgan fingerprint density at radius 1 is 0.921 bits per heavy atom. The molecule has 63 heavy (non-hydrogen) atoms. The number of aliphatic carboxylic acids is 1. The molecule has 1 aliphatic heterocycles. The molecule has 5 heterocycles. The fourth-order valence-corrected chi connectivity index (χ4v) is 8.80. The molecule has 4 aromatic heterocycles. The van der Waals surface area contributed by atoms with Gasteiger partial charge in [0.15, 0.2) is 5.82 Å². The number of nitrogens with zero attached hydrogens (tertiary/aromatic N) is 7. The first-order chi connectivity index (χ1) is 30.6. The Labute approximate surface area is 373 Å². The number of carboxylic acid groups (broad SMARTS) is 1. The zero-order valence-electron chi connectivity index (χ0n) is 35.2. The van der Waals surface area contributed by atoms with Gasteiger partial charge < -0.3 is 29.0 Å². The number of aromatic nitrogens is 5. The Kier molecular flexibility index (Phi) is 13.4. The number of methoxy groups -OCH3 is 1. The number of ether oxygens (including phenoxy) is 4. The predicted octanol–water partition coefficient (Wildman–Crippen LogP) is 8.58. The molecule has 0 spiro atoms. The molecule has 1 N–H and O–H groups in total. The summed E-state index contributed by atoms with van der Waals surface area (Å²) in [7, 11) is 3.69. The van der Waals surface area contributed by atoms with Crippen LogP contribution in [0.3, 0.4) is 0 Å². The molecule has 8 rings (SSSR count). The number of rotatable bonds is 16. The number of hydrogen-bond acceptors (Lipinski definition) is 13. The maximum atomic E-state index is 14.2. The number of pyridine rings is 1. The summed E-state index contributed by atoms with van der Waals surface area (Å²) in [4.78, 5) is 41.6. The summed E-state index contributed by atoms with van der Waals surface area (Å²) < 4.78 is 38.6. The average molecular weight is 890 g/mol. The number of carboxylic acids is 1. The molecule has 0 unspecified atom stereocenters. The van der Waals surface area contributed by atoms with Gasteiger partial charge >= 0.3 is 5.97 Å². The summed E-state index contributed by atoms with van der Waals surface area (Å²) in [5.74, 6) is 0.507. The molecule has 0 bridgehead atoms. The Hall–Kier alpha value is -6.26. The van der Waals surface area contributed by atoms with E-state index in [1.54, 1.807) is 49.8 Å². The van der Waals surface area contributed by atoms with Crippen LogP contribution in [0.25, 0.3) is 43.2 Å². The van der Waals surface area contributed by atoms with Crippen LogP contribution in [0, 0.1) is 19.7 Å². The Bertz CT molecular complexity index is 2750. The fraction of sp³-hybridized carbons (Fsp3) is 0.277. The van der Waals surface area contributed by atoms with E-state index in [1.807, 2.05) is 44.2 Å². The third-order valence-electron chi connectivity index (χ3n) is 10.9. The number of thiophene rings is 1. The second-order valence-electron chi connectivity index (χ2n) is 15.2. The molecule has 3 aromatic carbocycles. The lowest BCUT2D eigenvalue weighted by Gasteiger charge is -2.32. The topological polar surface area (TPSA) is 145 Å². The molecule has 1 atom stereocenters. The van der Waals surface area contributed by atoms with Crippen molar-refractivity contribution in [3.8, 4) is 56.1 Å². The van der Waals surface area contributed by atoms with E-state index in [-0.39, 0.29) is 24.7 Å². The zero-order valence-corrected chi connectivity index (χ0v) is 36.8. The lowest BCUT2D eigenvalue weighted by Crippen LogP contribution is -2.45. The summed E-state index contributed by atoms with van der Waals surface area (Å²) in [6.07, 6.45) is 3.18. The van der Waals surface area contributed by atoms with Gasteiger partial charge in [-0.15, -0.1) is 11.3 Å². The highest BCUT2D eigenvalue weighted by Crippen LogP contribution is 2.49. The monoisotopic (exact) mass is 889 g/mol. The summed E-state index contributed by atoms with van der Waals surface area (Å²) in [6.45, 7) is 9.11. The standard InChI is InChI=1S/C47H45ClFN7O6S/c1-28-23-35(39(59-4)25-51-28)44-50-16-15-33(54-44)26-61-36-8-6-5-7-31(36)24-38(47(57)58)62-45-41-40(43(63-46(41)53-27-52-45)30-9-11-32(49)12-10-30)34-13-14-37(42(48)29(34)2)60-22-21-56-19-17-55(3)18-20-56/h5-16,23,25,27,38H,17-22,24,26H2,1-4H3,(H,57,58)/t38-/m1/s1. The fourth-order valence-electron chi connectivity index (χ4n) is 7.43. The maximum absolute atomic E-state index is 14.2. The van der Waals surface area contributed by atoms with Crippen molar-refractivity contribution in [3.05, 3.63) is 125 Å². The third-order valence-corrected chi connectivity index (χ3v) is 12.5. The summed E-state index contributed by atoms with van der Waals surface area (Å²) >= 11 is 8.42. The van der Waals surface area contributed by atoms with E-state index in [1.165, 1.54) is 29.8 Å². The second kappa shape index (κ2) is 19.4. The number of halogens is 2. The first kappa shape index (κ1) is 43.4. The lowest BCUT2D eigenvalue weighted by atomic mass is 9.96. The van der Waals surface area contributed by atoms with Crippen LogP contribution in [-0.4, -0.2) is 105 Å². The van der Waals surface area contributed by atoms with Crippen molar-refractivity contribution in [2.75, 3.05) is 53.5 Å². The molecule has 0 amide bonds. The van der Waals surface area contributed by atoms with Gasteiger partial charge in [-0.1, -0.05) is 48.0 Å². The highest BCUT2D eigenvalue weighted by molar-refractivity contribution is 7.22. The molecule has 0 saturated carbocycles. The van der Waals surface area contributed by atoms with Crippen molar-refractivity contribution in [2.45, 2.75) is 33.0 Å². The van der Waals surface area contributed by atoms with E-state index >= 15 is 0 Å². The van der Waals surface area contributed by atoms with Gasteiger partial charge in [0.05, 0.1) is 35.0 Å². The van der Waals surface area contributed by atoms with E-state index in [0.29, 0.717) is 67.3 Å². The molecule has 1 fully saturated rings. The summed E-state index contributed by atoms with van der Waals surface area (Å²) in [5.41, 5.74) is 5.57. The highest BCUT2D eigenvalue weighted by Gasteiger charge is 2.28. The first-order valence-corrected chi connectivity index (χ1v) is 21.6. The molecule has 7 aromatic rings. The molecular weight excluding hydrogens is 845 g/mol. The molecule has 0 radical (unpaired) electrons. The minimum absolute atomic E-state index is 0.0607. The highest BCUT2D eigenvalue weighted by atomic mass is 35.5. The minimum Gasteiger partial charge on any atom is -0.494 e. The SMILES string of the molecule is COc1cnc(C)cc1-c1nccc(COc2ccccc2C[C@@H](Oc2ncnc3sc(-c4ccc(F)cc4)c(-c4ccc(OCCN5CCN(C)CC5)c(Cl)c4C)c23)C(=O)O)n1. The zero-order chi connectivity index (χ0) is 44.0. The normalized spacial score (nSPS) is 13.8. The van der Waals surface area contributed by atoms with Crippen molar-refractivity contribution < 1.29 is 33.2 Å². The van der Waals surface area contributed by atoms with Gasteiger partial charge in [-0.25, -0.2) is 29.1 Å². The minimum atomic E-state index is -1.39. The van der Waals surface area contributed by atoms with Gasteiger partial charge in [-0.3, -0.25) is 9.88 Å². The van der Waals surface area contributed by atoms with Gasteiger partial charge in [0.2, 0.25) is 12.0 Å². The molecule has 1 aliphatic rings. The van der Waals surface area contributed by atoms with E-state index < -0.39 is 12.1 Å². The van der Waals surface area contributed by atoms with E-state index in [4.69, 9.17) is 35.5 Å². The van der Waals surface area contributed by atoms with Crippen LogP contribution in [0.1, 0.15) is 22.5 Å².